The van der Waals surface area contributed by atoms with Crippen LogP contribution in [0, 0.1) is 0 Å². The van der Waals surface area contributed by atoms with Crippen LogP contribution in [-0.2, 0) is 4.79 Å². The molecule has 0 saturated carbocycles. The van der Waals surface area contributed by atoms with E-state index in [1.807, 2.05) is 31.2 Å². The number of ether oxygens (including phenoxy) is 2. The highest BCUT2D eigenvalue weighted by Crippen LogP contribution is 2.32. The second-order valence-electron chi connectivity index (χ2n) is 5.78. The van der Waals surface area contributed by atoms with Crippen LogP contribution in [0.5, 0.6) is 11.5 Å². The van der Waals surface area contributed by atoms with E-state index in [2.05, 4.69) is 15.5 Å². The van der Waals surface area contributed by atoms with Crippen LogP contribution in [0.1, 0.15) is 13.8 Å². The van der Waals surface area contributed by atoms with E-state index in [0.717, 1.165) is 11.3 Å². The number of carbonyl (C=O) groups is 1. The van der Waals surface area contributed by atoms with Crippen molar-refractivity contribution >= 4 is 23.4 Å². The number of anilines is 1. The van der Waals surface area contributed by atoms with Gasteiger partial charge in [-0.15, -0.1) is 10.2 Å². The lowest BCUT2D eigenvalue weighted by Crippen LogP contribution is -2.22. The number of hydrogen-bond donors (Lipinski definition) is 1. The molecule has 0 saturated heterocycles. The number of rotatable bonds is 8. The molecule has 7 nitrogen and oxygen atoms in total. The third kappa shape index (κ3) is 4.83. The van der Waals surface area contributed by atoms with Crippen LogP contribution in [0.15, 0.2) is 58.2 Å². The van der Waals surface area contributed by atoms with Gasteiger partial charge in [0.15, 0.2) is 0 Å². The van der Waals surface area contributed by atoms with Crippen LogP contribution in [0.4, 0.5) is 5.69 Å². The third-order valence-corrected chi connectivity index (χ3v) is 4.76. The summed E-state index contributed by atoms with van der Waals surface area (Å²) in [6.07, 6.45) is 0. The normalized spacial score (nSPS) is 11.7. The number of methoxy groups -OCH3 is 1. The highest BCUT2D eigenvalue weighted by atomic mass is 32.2. The minimum Gasteiger partial charge on any atom is -0.497 e. The van der Waals surface area contributed by atoms with Gasteiger partial charge in [0.05, 0.1) is 24.5 Å². The zero-order valence-corrected chi connectivity index (χ0v) is 16.7. The Morgan fingerprint density at radius 1 is 1.18 bits per heavy atom. The Morgan fingerprint density at radius 3 is 2.64 bits per heavy atom. The highest BCUT2D eigenvalue weighted by Gasteiger charge is 2.20. The van der Waals surface area contributed by atoms with Gasteiger partial charge >= 0.3 is 0 Å². The summed E-state index contributed by atoms with van der Waals surface area (Å²) >= 11 is 1.20. The smallest absolute Gasteiger partial charge is 0.277 e. The monoisotopic (exact) mass is 399 g/mol. The Hall–Kier alpha value is -3.00. The molecule has 8 heteroatoms. The van der Waals surface area contributed by atoms with Crippen LogP contribution in [0.3, 0.4) is 0 Å². The summed E-state index contributed by atoms with van der Waals surface area (Å²) in [5.74, 6) is 1.60. The molecule has 0 fully saturated rings. The fourth-order valence-electron chi connectivity index (χ4n) is 2.41. The van der Waals surface area contributed by atoms with Crippen molar-refractivity contribution in [1.29, 1.82) is 0 Å². The van der Waals surface area contributed by atoms with E-state index < -0.39 is 5.25 Å². The maximum atomic E-state index is 12.4. The molecule has 1 heterocycles. The molecule has 0 aliphatic carbocycles. The van der Waals surface area contributed by atoms with Gasteiger partial charge in [0.1, 0.15) is 11.5 Å². The van der Waals surface area contributed by atoms with Gasteiger partial charge in [0.2, 0.25) is 5.91 Å². The van der Waals surface area contributed by atoms with Crippen LogP contribution in [-0.4, -0.2) is 35.1 Å². The van der Waals surface area contributed by atoms with E-state index in [9.17, 15) is 4.79 Å². The average Bonchev–Trinajstić information content (AvgIpc) is 3.17. The van der Waals surface area contributed by atoms with Gasteiger partial charge in [0.25, 0.3) is 11.1 Å². The van der Waals surface area contributed by atoms with E-state index in [4.69, 9.17) is 13.9 Å². The van der Waals surface area contributed by atoms with E-state index >= 15 is 0 Å². The fraction of sp³-hybridized carbons (Fsp3) is 0.250. The molecule has 28 heavy (non-hydrogen) atoms. The van der Waals surface area contributed by atoms with Crippen molar-refractivity contribution in [3.8, 4) is 23.0 Å². The molecule has 1 aromatic heterocycles. The van der Waals surface area contributed by atoms with Gasteiger partial charge in [-0.05, 0) is 50.2 Å². The van der Waals surface area contributed by atoms with E-state index in [-0.39, 0.29) is 5.91 Å². The molecule has 3 aromatic rings. The molecule has 3 rings (SSSR count). The highest BCUT2D eigenvalue weighted by molar-refractivity contribution is 8.00. The fourth-order valence-corrected chi connectivity index (χ4v) is 3.10. The lowest BCUT2D eigenvalue weighted by atomic mass is 10.2. The lowest BCUT2D eigenvalue weighted by Gasteiger charge is -2.10. The second-order valence-corrected chi connectivity index (χ2v) is 7.07. The summed E-state index contributed by atoms with van der Waals surface area (Å²) in [6.45, 7) is 4.23. The number of nitrogens with one attached hydrogen (secondary N) is 1. The summed E-state index contributed by atoms with van der Waals surface area (Å²) in [5, 5.41) is 10.9. The predicted octanol–water partition coefficient (Wildman–Crippen LogP) is 4.26. The summed E-state index contributed by atoms with van der Waals surface area (Å²) in [5.41, 5.74) is 1.41. The van der Waals surface area contributed by atoms with Crippen molar-refractivity contribution in [1.82, 2.24) is 10.2 Å². The van der Waals surface area contributed by atoms with Gasteiger partial charge in [-0.1, -0.05) is 23.9 Å². The molecular formula is C20H21N3O4S. The maximum Gasteiger partial charge on any atom is 0.277 e. The van der Waals surface area contributed by atoms with Gasteiger partial charge in [-0.3, -0.25) is 4.79 Å². The van der Waals surface area contributed by atoms with Crippen molar-refractivity contribution in [3.63, 3.8) is 0 Å². The number of thioether (sulfide) groups is 1. The Kier molecular flexibility index (Phi) is 6.54. The summed E-state index contributed by atoms with van der Waals surface area (Å²) < 4.78 is 16.4. The maximum absolute atomic E-state index is 12.4. The Bertz CT molecular complexity index is 927. The first-order valence-corrected chi connectivity index (χ1v) is 9.66. The van der Waals surface area contributed by atoms with Crippen LogP contribution in [0.2, 0.25) is 0 Å². The molecule has 0 unspecified atom stereocenters. The number of hydrogen-bond acceptors (Lipinski definition) is 7. The molecule has 2 aromatic carbocycles. The van der Waals surface area contributed by atoms with Crippen molar-refractivity contribution in [2.45, 2.75) is 24.3 Å². The minimum absolute atomic E-state index is 0.162. The summed E-state index contributed by atoms with van der Waals surface area (Å²) in [7, 11) is 1.59. The molecule has 1 N–H and O–H groups in total. The lowest BCUT2D eigenvalue weighted by molar-refractivity contribution is -0.115. The Morgan fingerprint density at radius 2 is 1.93 bits per heavy atom. The van der Waals surface area contributed by atoms with Crippen molar-refractivity contribution in [2.24, 2.45) is 0 Å². The zero-order chi connectivity index (χ0) is 19.9. The first-order valence-electron chi connectivity index (χ1n) is 8.78. The number of nitrogens with zero attached hydrogens (tertiary/aromatic N) is 2. The first kappa shape index (κ1) is 19.8. The topological polar surface area (TPSA) is 86.5 Å². The van der Waals surface area contributed by atoms with Crippen LogP contribution < -0.4 is 14.8 Å². The minimum atomic E-state index is -0.419. The van der Waals surface area contributed by atoms with Crippen LogP contribution >= 0.6 is 11.8 Å². The van der Waals surface area contributed by atoms with Gasteiger partial charge < -0.3 is 19.2 Å². The van der Waals surface area contributed by atoms with E-state index in [0.29, 0.717) is 29.2 Å². The SMILES string of the molecule is CCOc1ccccc1-c1nnc(S[C@@H](C)C(=O)Nc2ccc(OC)cc2)o1. The molecule has 0 bridgehead atoms. The molecular weight excluding hydrogens is 378 g/mol. The van der Waals surface area contributed by atoms with Gasteiger partial charge in [-0.25, -0.2) is 0 Å². The average molecular weight is 399 g/mol. The third-order valence-electron chi connectivity index (χ3n) is 3.83. The zero-order valence-electron chi connectivity index (χ0n) is 15.8. The second kappa shape index (κ2) is 9.27. The Balaban J connectivity index is 1.64. The Labute approximate surface area is 167 Å². The first-order chi connectivity index (χ1) is 13.6. The van der Waals surface area contributed by atoms with Crippen molar-refractivity contribution < 1.29 is 18.7 Å². The van der Waals surface area contributed by atoms with Crippen molar-refractivity contribution in [2.75, 3.05) is 19.0 Å². The van der Waals surface area contributed by atoms with Gasteiger partial charge in [0, 0.05) is 5.69 Å². The number of aromatic nitrogens is 2. The quantitative estimate of drug-likeness (QED) is 0.566. The molecule has 0 radical (unpaired) electrons. The number of para-hydroxylation sites is 1. The molecule has 0 aliphatic heterocycles. The van der Waals surface area contributed by atoms with Crippen molar-refractivity contribution in [3.05, 3.63) is 48.5 Å². The molecule has 1 amide bonds. The van der Waals surface area contributed by atoms with Crippen LogP contribution in [0.25, 0.3) is 11.5 Å². The van der Waals surface area contributed by atoms with Gasteiger partial charge in [-0.2, -0.15) is 0 Å². The number of amides is 1. The number of carbonyl (C=O) groups excluding carboxylic acids is 1. The molecule has 0 spiro atoms. The summed E-state index contributed by atoms with van der Waals surface area (Å²) in [4.78, 5) is 12.4. The standard InChI is InChI=1S/C20H21N3O4S/c1-4-26-17-8-6-5-7-16(17)19-22-23-20(27-19)28-13(2)18(24)21-14-9-11-15(25-3)12-10-14/h5-13H,4H2,1-3H3,(H,21,24)/t13-/m0/s1. The summed E-state index contributed by atoms with van der Waals surface area (Å²) in [6, 6.07) is 14.6. The molecule has 146 valence electrons. The van der Waals surface area contributed by atoms with E-state index in [1.165, 1.54) is 11.8 Å². The molecule has 1 atom stereocenters. The van der Waals surface area contributed by atoms with E-state index in [1.54, 1.807) is 38.3 Å². The molecule has 0 aliphatic rings. The number of benzene rings is 2. The predicted molar refractivity (Wildman–Crippen MR) is 108 cm³/mol. The largest absolute Gasteiger partial charge is 0.497 e.